The van der Waals surface area contributed by atoms with Crippen molar-refractivity contribution >= 4 is 17.9 Å². The summed E-state index contributed by atoms with van der Waals surface area (Å²) in [6.45, 7) is 6.58. The lowest BCUT2D eigenvalue weighted by molar-refractivity contribution is -0.167. The molecule has 0 amide bonds. The number of unbranched alkanes of at least 4 members (excludes halogenated alkanes) is 31. The lowest BCUT2D eigenvalue weighted by Gasteiger charge is -2.18. The standard InChI is InChI=1S/C46H88O6/c1-4-7-10-13-15-17-19-21-22-23-25-27-29-31-34-36-39-45(48)51-42-43(52-46(49)40-37-32-12-9-6-3)41-50-44(47)38-35-33-30-28-26-24-20-18-16-14-11-8-5-2/h43H,4-42H2,1-3H3/t43-/m0/s1. The van der Waals surface area contributed by atoms with Crippen LogP contribution in [0.4, 0.5) is 0 Å². The van der Waals surface area contributed by atoms with E-state index in [1.54, 1.807) is 0 Å². The summed E-state index contributed by atoms with van der Waals surface area (Å²) >= 11 is 0. The molecule has 0 radical (unpaired) electrons. The van der Waals surface area contributed by atoms with Crippen LogP contribution in [0.15, 0.2) is 0 Å². The second-order valence-corrected chi connectivity index (χ2v) is 15.7. The second kappa shape index (κ2) is 42.2. The topological polar surface area (TPSA) is 78.9 Å². The molecule has 0 aromatic rings. The summed E-state index contributed by atoms with van der Waals surface area (Å²) in [5.41, 5.74) is 0. The molecule has 0 bridgehead atoms. The fraction of sp³-hybridized carbons (Fsp3) is 0.935. The van der Waals surface area contributed by atoms with Crippen LogP contribution in [0.5, 0.6) is 0 Å². The van der Waals surface area contributed by atoms with Gasteiger partial charge < -0.3 is 14.2 Å². The molecule has 308 valence electrons. The molecule has 0 aliphatic carbocycles. The Morgan fingerprint density at radius 3 is 0.769 bits per heavy atom. The van der Waals surface area contributed by atoms with E-state index in [2.05, 4.69) is 20.8 Å². The highest BCUT2D eigenvalue weighted by molar-refractivity contribution is 5.71. The van der Waals surface area contributed by atoms with E-state index in [9.17, 15) is 14.4 Å². The first-order chi connectivity index (χ1) is 25.5. The van der Waals surface area contributed by atoms with E-state index in [0.717, 1.165) is 64.2 Å². The molecule has 0 heterocycles. The molecule has 0 N–H and O–H groups in total. The van der Waals surface area contributed by atoms with Crippen molar-refractivity contribution in [2.75, 3.05) is 13.2 Å². The van der Waals surface area contributed by atoms with Gasteiger partial charge in [0.2, 0.25) is 0 Å². The fourth-order valence-corrected chi connectivity index (χ4v) is 6.85. The summed E-state index contributed by atoms with van der Waals surface area (Å²) in [6.07, 6.45) is 42.6. The highest BCUT2D eigenvalue weighted by Crippen LogP contribution is 2.16. The van der Waals surface area contributed by atoms with Crippen molar-refractivity contribution in [3.8, 4) is 0 Å². The molecule has 0 aromatic heterocycles. The van der Waals surface area contributed by atoms with Gasteiger partial charge in [0, 0.05) is 19.3 Å². The first kappa shape index (κ1) is 50.4. The van der Waals surface area contributed by atoms with Gasteiger partial charge in [-0.3, -0.25) is 14.4 Å². The largest absolute Gasteiger partial charge is 0.462 e. The zero-order valence-electron chi connectivity index (χ0n) is 35.1. The summed E-state index contributed by atoms with van der Waals surface area (Å²) < 4.78 is 16.6. The van der Waals surface area contributed by atoms with E-state index < -0.39 is 6.10 Å². The van der Waals surface area contributed by atoms with E-state index in [-0.39, 0.29) is 31.1 Å². The minimum absolute atomic E-state index is 0.0642. The molecule has 0 unspecified atom stereocenters. The number of carbonyl (C=O) groups excluding carboxylic acids is 3. The average molecular weight is 737 g/mol. The lowest BCUT2D eigenvalue weighted by Crippen LogP contribution is -2.30. The lowest BCUT2D eigenvalue weighted by atomic mass is 10.0. The SMILES string of the molecule is CCCCCCCCCCCCCCCCCCC(=O)OC[C@H](COC(=O)CCCCCCCCCCCCCCC)OC(=O)CCCCCCC. The average Bonchev–Trinajstić information content (AvgIpc) is 3.14. The molecule has 0 saturated heterocycles. The smallest absolute Gasteiger partial charge is 0.306 e. The number of carbonyl (C=O) groups is 3. The summed E-state index contributed by atoms with van der Waals surface area (Å²) in [6, 6.07) is 0. The molecule has 0 spiro atoms. The van der Waals surface area contributed by atoms with Crippen LogP contribution < -0.4 is 0 Å². The molecule has 6 heteroatoms. The minimum Gasteiger partial charge on any atom is -0.462 e. The highest BCUT2D eigenvalue weighted by Gasteiger charge is 2.19. The minimum atomic E-state index is -0.756. The van der Waals surface area contributed by atoms with Crippen LogP contribution in [0.2, 0.25) is 0 Å². The molecule has 0 rings (SSSR count). The van der Waals surface area contributed by atoms with Crippen molar-refractivity contribution < 1.29 is 28.6 Å². The Labute approximate surface area is 323 Å². The summed E-state index contributed by atoms with van der Waals surface area (Å²) in [4.78, 5) is 37.4. The van der Waals surface area contributed by atoms with Gasteiger partial charge in [0.25, 0.3) is 0 Å². The van der Waals surface area contributed by atoms with Gasteiger partial charge in [-0.1, -0.05) is 220 Å². The van der Waals surface area contributed by atoms with Gasteiger partial charge >= 0.3 is 17.9 Å². The van der Waals surface area contributed by atoms with Crippen molar-refractivity contribution in [1.29, 1.82) is 0 Å². The third-order valence-corrected chi connectivity index (χ3v) is 10.4. The van der Waals surface area contributed by atoms with Gasteiger partial charge in [-0.25, -0.2) is 0 Å². The first-order valence-electron chi connectivity index (χ1n) is 23.0. The van der Waals surface area contributed by atoms with Crippen molar-refractivity contribution in [3.63, 3.8) is 0 Å². The van der Waals surface area contributed by atoms with Crippen LogP contribution >= 0.6 is 0 Å². The molecule has 6 nitrogen and oxygen atoms in total. The number of rotatable bonds is 42. The maximum absolute atomic E-state index is 12.5. The fourth-order valence-electron chi connectivity index (χ4n) is 6.85. The third kappa shape index (κ3) is 39.6. The van der Waals surface area contributed by atoms with Crippen LogP contribution in [0.25, 0.3) is 0 Å². The number of hydrogen-bond donors (Lipinski definition) is 0. The van der Waals surface area contributed by atoms with Gasteiger partial charge in [-0.2, -0.15) is 0 Å². The normalized spacial score (nSPS) is 11.8. The van der Waals surface area contributed by atoms with Crippen molar-refractivity contribution in [1.82, 2.24) is 0 Å². The van der Waals surface area contributed by atoms with E-state index >= 15 is 0 Å². The molecular weight excluding hydrogens is 649 g/mol. The Kier molecular flexibility index (Phi) is 40.9. The molecule has 0 fully saturated rings. The van der Waals surface area contributed by atoms with E-state index in [0.29, 0.717) is 19.3 Å². The van der Waals surface area contributed by atoms with Crippen LogP contribution in [-0.4, -0.2) is 37.2 Å². The van der Waals surface area contributed by atoms with Gasteiger partial charge in [0.05, 0.1) is 0 Å². The first-order valence-corrected chi connectivity index (χ1v) is 23.0. The Morgan fingerprint density at radius 2 is 0.519 bits per heavy atom. The van der Waals surface area contributed by atoms with Crippen molar-refractivity contribution in [3.05, 3.63) is 0 Å². The summed E-state index contributed by atoms with van der Waals surface area (Å²) in [7, 11) is 0. The predicted octanol–water partition coefficient (Wildman–Crippen LogP) is 14.5. The molecule has 0 aliphatic rings. The summed E-state index contributed by atoms with van der Waals surface area (Å²) in [5, 5.41) is 0. The van der Waals surface area contributed by atoms with Gasteiger partial charge in [-0.05, 0) is 19.3 Å². The predicted molar refractivity (Wildman–Crippen MR) is 220 cm³/mol. The highest BCUT2D eigenvalue weighted by atomic mass is 16.6. The quantitative estimate of drug-likeness (QED) is 0.0353. The van der Waals surface area contributed by atoms with Crippen LogP contribution in [0.1, 0.15) is 258 Å². The van der Waals surface area contributed by atoms with Crippen molar-refractivity contribution in [2.45, 2.75) is 264 Å². The zero-order chi connectivity index (χ0) is 38.0. The Hall–Kier alpha value is -1.59. The maximum atomic E-state index is 12.5. The van der Waals surface area contributed by atoms with Crippen LogP contribution in [0, 0.1) is 0 Å². The van der Waals surface area contributed by atoms with Crippen molar-refractivity contribution in [2.24, 2.45) is 0 Å². The molecule has 1 atom stereocenters. The molecule has 0 aliphatic heterocycles. The van der Waals surface area contributed by atoms with E-state index in [4.69, 9.17) is 14.2 Å². The van der Waals surface area contributed by atoms with Gasteiger partial charge in [0.15, 0.2) is 6.10 Å². The maximum Gasteiger partial charge on any atom is 0.306 e. The number of ether oxygens (including phenoxy) is 3. The number of hydrogen-bond acceptors (Lipinski definition) is 6. The van der Waals surface area contributed by atoms with Crippen LogP contribution in [0.3, 0.4) is 0 Å². The molecular formula is C46H88O6. The Balaban J connectivity index is 4.11. The van der Waals surface area contributed by atoms with E-state index in [1.165, 1.54) is 154 Å². The van der Waals surface area contributed by atoms with Crippen LogP contribution in [-0.2, 0) is 28.6 Å². The van der Waals surface area contributed by atoms with E-state index in [1.807, 2.05) is 0 Å². The number of esters is 3. The third-order valence-electron chi connectivity index (χ3n) is 10.4. The summed E-state index contributed by atoms with van der Waals surface area (Å²) in [5.74, 6) is -0.865. The second-order valence-electron chi connectivity index (χ2n) is 15.7. The van der Waals surface area contributed by atoms with Gasteiger partial charge in [0.1, 0.15) is 13.2 Å². The molecule has 52 heavy (non-hydrogen) atoms. The van der Waals surface area contributed by atoms with Gasteiger partial charge in [-0.15, -0.1) is 0 Å². The molecule has 0 saturated carbocycles. The zero-order valence-corrected chi connectivity index (χ0v) is 35.1. The Morgan fingerprint density at radius 1 is 0.308 bits per heavy atom. The monoisotopic (exact) mass is 737 g/mol. The Bertz CT molecular complexity index is 768. The molecule has 0 aromatic carbocycles.